The van der Waals surface area contributed by atoms with Crippen molar-refractivity contribution in [3.63, 3.8) is 0 Å². The third kappa shape index (κ3) is 3.09. The second-order valence-corrected chi connectivity index (χ2v) is 5.73. The number of carbonyl (C=O) groups excluding carboxylic acids is 1. The standard InChI is InChI=1S/C13H14BrFN2O3/c14-9-6-8(2-3-10(9)15)17-12(20)16-7-13(11(18)19)4-1-5-13/h2-3,6H,1,4-5,7H2,(H,18,19)(H2,16,17,20). The lowest BCUT2D eigenvalue weighted by molar-refractivity contribution is -0.153. The van der Waals surface area contributed by atoms with Gasteiger partial charge in [0.05, 0.1) is 9.89 Å². The Kier molecular flexibility index (Phi) is 4.27. The molecule has 2 rings (SSSR count). The molecule has 0 unspecified atom stereocenters. The Morgan fingerprint density at radius 2 is 2.10 bits per heavy atom. The molecule has 0 saturated heterocycles. The van der Waals surface area contributed by atoms with Crippen LogP contribution in [0.5, 0.6) is 0 Å². The first-order chi connectivity index (χ1) is 9.43. The Balaban J connectivity index is 1.89. The molecular formula is C13H14BrFN2O3. The summed E-state index contributed by atoms with van der Waals surface area (Å²) in [6, 6.07) is 3.59. The van der Waals surface area contributed by atoms with Crippen molar-refractivity contribution in [2.75, 3.05) is 11.9 Å². The van der Waals surface area contributed by atoms with E-state index in [1.165, 1.54) is 18.2 Å². The topological polar surface area (TPSA) is 78.4 Å². The second-order valence-electron chi connectivity index (χ2n) is 4.88. The van der Waals surface area contributed by atoms with Crippen LogP contribution in [0.15, 0.2) is 22.7 Å². The van der Waals surface area contributed by atoms with Crippen molar-refractivity contribution in [1.29, 1.82) is 0 Å². The quantitative estimate of drug-likeness (QED) is 0.785. The number of anilines is 1. The SMILES string of the molecule is O=C(NCC1(C(=O)O)CCC1)Nc1ccc(F)c(Br)c1. The first-order valence-corrected chi connectivity index (χ1v) is 6.96. The van der Waals surface area contributed by atoms with Crippen LogP contribution in [0, 0.1) is 11.2 Å². The van der Waals surface area contributed by atoms with Crippen LogP contribution in [0.4, 0.5) is 14.9 Å². The molecule has 0 spiro atoms. The number of rotatable bonds is 4. The van der Waals surface area contributed by atoms with Gasteiger partial charge < -0.3 is 15.7 Å². The van der Waals surface area contributed by atoms with Crippen LogP contribution >= 0.6 is 15.9 Å². The molecule has 1 fully saturated rings. The smallest absolute Gasteiger partial charge is 0.319 e. The molecule has 1 aromatic carbocycles. The predicted octanol–water partition coefficient (Wildman–Crippen LogP) is 2.96. The van der Waals surface area contributed by atoms with Crippen LogP contribution in [0.2, 0.25) is 0 Å². The minimum absolute atomic E-state index is 0.0938. The average Bonchev–Trinajstić information content (AvgIpc) is 2.32. The van der Waals surface area contributed by atoms with Gasteiger partial charge in [-0.15, -0.1) is 0 Å². The molecule has 0 bridgehead atoms. The highest BCUT2D eigenvalue weighted by Gasteiger charge is 2.44. The van der Waals surface area contributed by atoms with Gasteiger partial charge in [-0.05, 0) is 47.0 Å². The van der Waals surface area contributed by atoms with E-state index in [0.717, 1.165) is 6.42 Å². The minimum Gasteiger partial charge on any atom is -0.481 e. The van der Waals surface area contributed by atoms with Crippen LogP contribution < -0.4 is 10.6 Å². The van der Waals surface area contributed by atoms with Crippen molar-refractivity contribution in [2.45, 2.75) is 19.3 Å². The number of carboxylic acids is 1. The third-order valence-electron chi connectivity index (χ3n) is 3.53. The maximum atomic E-state index is 13.0. The number of hydrogen-bond acceptors (Lipinski definition) is 2. The summed E-state index contributed by atoms with van der Waals surface area (Å²) in [5, 5.41) is 14.2. The molecule has 108 valence electrons. The van der Waals surface area contributed by atoms with Gasteiger partial charge in [0.15, 0.2) is 0 Å². The second kappa shape index (κ2) is 5.78. The van der Waals surface area contributed by atoms with Crippen LogP contribution in [0.3, 0.4) is 0 Å². The van der Waals surface area contributed by atoms with E-state index in [0.29, 0.717) is 18.5 Å². The lowest BCUT2D eigenvalue weighted by Crippen LogP contribution is -2.48. The summed E-state index contributed by atoms with van der Waals surface area (Å²) in [5.74, 6) is -1.30. The van der Waals surface area contributed by atoms with Gasteiger partial charge in [0.1, 0.15) is 5.82 Å². The maximum absolute atomic E-state index is 13.0. The Hall–Kier alpha value is -1.63. The Morgan fingerprint density at radius 1 is 1.40 bits per heavy atom. The summed E-state index contributed by atoms with van der Waals surface area (Å²) in [7, 11) is 0. The number of urea groups is 1. The highest BCUT2D eigenvalue weighted by Crippen LogP contribution is 2.40. The van der Waals surface area contributed by atoms with E-state index in [9.17, 15) is 14.0 Å². The van der Waals surface area contributed by atoms with Gasteiger partial charge in [0.25, 0.3) is 0 Å². The van der Waals surface area contributed by atoms with Gasteiger partial charge in [-0.1, -0.05) is 6.42 Å². The molecule has 0 radical (unpaired) electrons. The van der Waals surface area contributed by atoms with E-state index in [-0.39, 0.29) is 11.0 Å². The van der Waals surface area contributed by atoms with Crippen LogP contribution in [0.25, 0.3) is 0 Å². The van der Waals surface area contributed by atoms with E-state index in [1.54, 1.807) is 0 Å². The highest BCUT2D eigenvalue weighted by atomic mass is 79.9. The van der Waals surface area contributed by atoms with Crippen molar-refractivity contribution >= 4 is 33.6 Å². The molecule has 7 heteroatoms. The lowest BCUT2D eigenvalue weighted by atomic mass is 9.69. The maximum Gasteiger partial charge on any atom is 0.319 e. The number of nitrogens with one attached hydrogen (secondary N) is 2. The Labute approximate surface area is 123 Å². The zero-order valence-electron chi connectivity index (χ0n) is 10.6. The fraction of sp³-hybridized carbons (Fsp3) is 0.385. The molecule has 3 N–H and O–H groups in total. The predicted molar refractivity (Wildman–Crippen MR) is 75.0 cm³/mol. The summed E-state index contributed by atoms with van der Waals surface area (Å²) in [4.78, 5) is 22.8. The summed E-state index contributed by atoms with van der Waals surface area (Å²) in [6.07, 6.45) is 2.01. The lowest BCUT2D eigenvalue weighted by Gasteiger charge is -2.37. The molecule has 0 aromatic heterocycles. The number of amides is 2. The molecule has 5 nitrogen and oxygen atoms in total. The first-order valence-electron chi connectivity index (χ1n) is 6.16. The number of carboxylic acid groups (broad SMARTS) is 1. The molecule has 1 saturated carbocycles. The molecule has 1 aliphatic rings. The van der Waals surface area contributed by atoms with Gasteiger partial charge in [-0.25, -0.2) is 9.18 Å². The molecule has 0 aliphatic heterocycles. The first kappa shape index (κ1) is 14.8. The van der Waals surface area contributed by atoms with Crippen LogP contribution in [0.1, 0.15) is 19.3 Å². The summed E-state index contributed by atoms with van der Waals surface area (Å²) >= 11 is 3.02. The number of hydrogen-bond donors (Lipinski definition) is 3. The van der Waals surface area contributed by atoms with Gasteiger partial charge in [0.2, 0.25) is 0 Å². The molecule has 20 heavy (non-hydrogen) atoms. The molecular weight excluding hydrogens is 331 g/mol. The summed E-state index contributed by atoms with van der Waals surface area (Å²) < 4.78 is 13.3. The Bertz CT molecular complexity index is 546. The zero-order valence-corrected chi connectivity index (χ0v) is 12.2. The highest BCUT2D eigenvalue weighted by molar-refractivity contribution is 9.10. The summed E-state index contributed by atoms with van der Waals surface area (Å²) in [5.41, 5.74) is -0.408. The van der Waals surface area contributed by atoms with Gasteiger partial charge in [-0.3, -0.25) is 4.79 Å². The van der Waals surface area contributed by atoms with Crippen molar-refractivity contribution in [1.82, 2.24) is 5.32 Å². The molecule has 0 atom stereocenters. The molecule has 2 amide bonds. The molecule has 1 aromatic rings. The van der Waals surface area contributed by atoms with Crippen molar-refractivity contribution in [3.05, 3.63) is 28.5 Å². The molecule has 0 heterocycles. The van der Waals surface area contributed by atoms with E-state index >= 15 is 0 Å². The Morgan fingerprint density at radius 3 is 2.60 bits per heavy atom. The number of aliphatic carboxylic acids is 1. The van der Waals surface area contributed by atoms with E-state index in [1.807, 2.05) is 0 Å². The number of halogens is 2. The fourth-order valence-corrected chi connectivity index (χ4v) is 2.45. The monoisotopic (exact) mass is 344 g/mol. The summed E-state index contributed by atoms with van der Waals surface area (Å²) in [6.45, 7) is 0.0938. The largest absolute Gasteiger partial charge is 0.481 e. The van der Waals surface area contributed by atoms with Crippen molar-refractivity contribution in [3.8, 4) is 0 Å². The van der Waals surface area contributed by atoms with Crippen LogP contribution in [-0.2, 0) is 4.79 Å². The number of benzene rings is 1. The van der Waals surface area contributed by atoms with Gasteiger partial charge in [0, 0.05) is 12.2 Å². The zero-order chi connectivity index (χ0) is 14.8. The third-order valence-corrected chi connectivity index (χ3v) is 4.14. The fourth-order valence-electron chi connectivity index (χ4n) is 2.07. The number of carbonyl (C=O) groups is 2. The van der Waals surface area contributed by atoms with E-state index < -0.39 is 23.2 Å². The molecule has 1 aliphatic carbocycles. The average molecular weight is 345 g/mol. The van der Waals surface area contributed by atoms with Crippen LogP contribution in [-0.4, -0.2) is 23.7 Å². The van der Waals surface area contributed by atoms with Gasteiger partial charge in [-0.2, -0.15) is 0 Å². The van der Waals surface area contributed by atoms with E-state index in [2.05, 4.69) is 26.6 Å². The van der Waals surface area contributed by atoms with E-state index in [4.69, 9.17) is 5.11 Å². The van der Waals surface area contributed by atoms with Crippen molar-refractivity contribution in [2.24, 2.45) is 5.41 Å². The van der Waals surface area contributed by atoms with Crippen molar-refractivity contribution < 1.29 is 19.1 Å². The van der Waals surface area contributed by atoms with Gasteiger partial charge >= 0.3 is 12.0 Å². The minimum atomic E-state index is -0.881. The normalized spacial score (nSPS) is 16.1.